The van der Waals surface area contributed by atoms with Gasteiger partial charge >= 0.3 is 0 Å². The highest BCUT2D eigenvalue weighted by atomic mass is 35.5. The second-order valence-corrected chi connectivity index (χ2v) is 6.52. The number of hydrogen-bond acceptors (Lipinski definition) is 4. The van der Waals surface area contributed by atoms with Crippen LogP contribution >= 0.6 is 11.6 Å². The minimum Gasteiger partial charge on any atom is -0.496 e. The number of amides is 2. The van der Waals surface area contributed by atoms with Crippen molar-refractivity contribution < 1.29 is 14.3 Å². The lowest BCUT2D eigenvalue weighted by Gasteiger charge is -2.16. The smallest absolute Gasteiger partial charge is 0.238 e. The average Bonchev–Trinajstić information content (AvgIpc) is 2.63. The number of rotatable bonds is 9. The van der Waals surface area contributed by atoms with Crippen molar-refractivity contribution in [1.82, 2.24) is 10.2 Å². The molecule has 7 heteroatoms. The van der Waals surface area contributed by atoms with Crippen LogP contribution in [0.25, 0.3) is 0 Å². The molecule has 0 saturated heterocycles. The molecule has 0 aliphatic heterocycles. The summed E-state index contributed by atoms with van der Waals surface area (Å²) in [6, 6.07) is 14.7. The minimum atomic E-state index is -0.229. The van der Waals surface area contributed by atoms with Crippen LogP contribution in [-0.4, -0.2) is 50.5 Å². The average molecular weight is 390 g/mol. The highest BCUT2D eigenvalue weighted by molar-refractivity contribution is 6.33. The predicted octanol–water partition coefficient (Wildman–Crippen LogP) is 2.58. The Labute approximate surface area is 164 Å². The Morgan fingerprint density at radius 2 is 1.70 bits per heavy atom. The maximum atomic E-state index is 12.1. The summed E-state index contributed by atoms with van der Waals surface area (Å²) in [4.78, 5) is 25.8. The number of ether oxygens (including phenoxy) is 1. The van der Waals surface area contributed by atoms with E-state index in [1.165, 1.54) is 0 Å². The molecule has 0 aromatic heterocycles. The fourth-order valence-corrected chi connectivity index (χ4v) is 2.78. The lowest BCUT2D eigenvalue weighted by molar-refractivity contribution is -0.122. The van der Waals surface area contributed by atoms with Crippen molar-refractivity contribution in [2.24, 2.45) is 0 Å². The van der Waals surface area contributed by atoms with Gasteiger partial charge in [0.25, 0.3) is 0 Å². The highest BCUT2D eigenvalue weighted by Crippen LogP contribution is 2.20. The Kier molecular flexibility index (Phi) is 8.10. The Bertz CT molecular complexity index is 783. The van der Waals surface area contributed by atoms with Crippen molar-refractivity contribution >= 4 is 29.1 Å². The Hall–Kier alpha value is -2.57. The quantitative estimate of drug-likeness (QED) is 0.691. The highest BCUT2D eigenvalue weighted by Gasteiger charge is 2.12. The van der Waals surface area contributed by atoms with Crippen LogP contribution in [0.2, 0.25) is 5.02 Å². The molecule has 144 valence electrons. The molecule has 27 heavy (non-hydrogen) atoms. The number of methoxy groups -OCH3 is 1. The van der Waals surface area contributed by atoms with Gasteiger partial charge in [0.2, 0.25) is 11.8 Å². The van der Waals surface area contributed by atoms with Crippen LogP contribution in [-0.2, 0) is 16.0 Å². The maximum absolute atomic E-state index is 12.1. The monoisotopic (exact) mass is 389 g/mol. The normalized spacial score (nSPS) is 10.5. The molecule has 2 rings (SSSR count). The number of carbonyl (C=O) groups excluding carboxylic acids is 2. The van der Waals surface area contributed by atoms with E-state index in [4.69, 9.17) is 16.3 Å². The van der Waals surface area contributed by atoms with Crippen molar-refractivity contribution in [3.05, 3.63) is 59.1 Å². The molecule has 2 aromatic rings. The van der Waals surface area contributed by atoms with Crippen molar-refractivity contribution in [3.63, 3.8) is 0 Å². The van der Waals surface area contributed by atoms with E-state index in [9.17, 15) is 9.59 Å². The van der Waals surface area contributed by atoms with Crippen LogP contribution < -0.4 is 15.4 Å². The molecule has 0 fully saturated rings. The molecule has 0 bridgehead atoms. The van der Waals surface area contributed by atoms with Gasteiger partial charge in [0.05, 0.1) is 30.9 Å². The summed E-state index contributed by atoms with van der Waals surface area (Å²) < 4.78 is 5.29. The van der Waals surface area contributed by atoms with E-state index in [0.717, 1.165) is 11.3 Å². The summed E-state index contributed by atoms with van der Waals surface area (Å²) in [5.41, 5.74) is 1.59. The first kappa shape index (κ1) is 20.7. The number of para-hydroxylation sites is 2. The molecule has 0 aliphatic rings. The summed E-state index contributed by atoms with van der Waals surface area (Å²) >= 11 is 6.02. The minimum absolute atomic E-state index is 0.0884. The fourth-order valence-electron chi connectivity index (χ4n) is 2.60. The van der Waals surface area contributed by atoms with E-state index < -0.39 is 0 Å². The number of anilines is 1. The largest absolute Gasteiger partial charge is 0.496 e. The third-order valence-corrected chi connectivity index (χ3v) is 4.21. The van der Waals surface area contributed by atoms with Crippen molar-refractivity contribution in [3.8, 4) is 5.75 Å². The maximum Gasteiger partial charge on any atom is 0.238 e. The van der Waals surface area contributed by atoms with E-state index in [2.05, 4.69) is 10.6 Å². The molecule has 6 nitrogen and oxygen atoms in total. The lowest BCUT2D eigenvalue weighted by Crippen LogP contribution is -2.39. The van der Waals surface area contributed by atoms with Gasteiger partial charge in [-0.05, 0) is 37.2 Å². The first-order valence-electron chi connectivity index (χ1n) is 8.61. The molecule has 2 amide bonds. The molecule has 0 atom stereocenters. The van der Waals surface area contributed by atoms with E-state index >= 15 is 0 Å². The second-order valence-electron chi connectivity index (χ2n) is 6.11. The second kappa shape index (κ2) is 10.5. The molecule has 0 radical (unpaired) electrons. The number of carbonyl (C=O) groups is 2. The lowest BCUT2D eigenvalue weighted by atomic mass is 10.1. The zero-order chi connectivity index (χ0) is 19.6. The summed E-state index contributed by atoms with van der Waals surface area (Å²) in [6.07, 6.45) is 0.673. The fraction of sp³-hybridized carbons (Fsp3) is 0.300. The van der Waals surface area contributed by atoms with Crippen LogP contribution in [0.4, 0.5) is 5.69 Å². The molecule has 2 aromatic carbocycles. The van der Waals surface area contributed by atoms with Crippen molar-refractivity contribution in [2.75, 3.05) is 39.1 Å². The van der Waals surface area contributed by atoms with Crippen molar-refractivity contribution in [1.29, 1.82) is 0 Å². The molecule has 0 unspecified atom stereocenters. The zero-order valence-electron chi connectivity index (χ0n) is 15.5. The van der Waals surface area contributed by atoms with Gasteiger partial charge in [-0.15, -0.1) is 0 Å². The van der Waals surface area contributed by atoms with E-state index in [1.807, 2.05) is 24.3 Å². The standard InChI is InChI=1S/C20H24ClN3O3/c1-24(14-20(26)23-17-9-5-4-8-16(17)21)13-19(25)22-12-11-15-7-3-6-10-18(15)27-2/h3-10H,11-14H2,1-2H3,(H,22,25)(H,23,26). The summed E-state index contributed by atoms with van der Waals surface area (Å²) in [5.74, 6) is 0.436. The van der Waals surface area contributed by atoms with Gasteiger partial charge in [-0.2, -0.15) is 0 Å². The van der Waals surface area contributed by atoms with Crippen LogP contribution in [0.15, 0.2) is 48.5 Å². The number of likely N-dealkylation sites (N-methyl/N-ethyl adjacent to an activating group) is 1. The van der Waals surface area contributed by atoms with Gasteiger partial charge < -0.3 is 15.4 Å². The number of halogens is 1. The number of hydrogen-bond donors (Lipinski definition) is 2. The third kappa shape index (κ3) is 6.92. The predicted molar refractivity (Wildman–Crippen MR) is 107 cm³/mol. The molecular weight excluding hydrogens is 366 g/mol. The molecule has 0 aliphatic carbocycles. The van der Waals surface area contributed by atoms with Crippen LogP contribution in [0.5, 0.6) is 5.75 Å². The summed E-state index contributed by atoms with van der Waals surface area (Å²) in [5, 5.41) is 6.06. The number of nitrogens with one attached hydrogen (secondary N) is 2. The van der Waals surface area contributed by atoms with Gasteiger partial charge in [0.1, 0.15) is 5.75 Å². The molecule has 2 N–H and O–H groups in total. The molecule has 0 heterocycles. The van der Waals surface area contributed by atoms with Crippen LogP contribution in [0, 0.1) is 0 Å². The molecule has 0 saturated carbocycles. The van der Waals surface area contributed by atoms with Crippen LogP contribution in [0.3, 0.4) is 0 Å². The topological polar surface area (TPSA) is 70.7 Å². The van der Waals surface area contributed by atoms with Gasteiger partial charge in [-0.3, -0.25) is 14.5 Å². The van der Waals surface area contributed by atoms with Crippen LogP contribution in [0.1, 0.15) is 5.56 Å². The SMILES string of the molecule is COc1ccccc1CCNC(=O)CN(C)CC(=O)Nc1ccccc1Cl. The molecular formula is C20H24ClN3O3. The van der Waals surface area contributed by atoms with E-state index in [0.29, 0.717) is 23.7 Å². The van der Waals surface area contributed by atoms with Gasteiger partial charge in [0.15, 0.2) is 0 Å². The van der Waals surface area contributed by atoms with E-state index in [-0.39, 0.29) is 24.9 Å². The summed E-state index contributed by atoms with van der Waals surface area (Å²) in [6.45, 7) is 0.714. The van der Waals surface area contributed by atoms with E-state index in [1.54, 1.807) is 43.3 Å². The number of benzene rings is 2. The van der Waals surface area contributed by atoms with Crippen molar-refractivity contribution in [2.45, 2.75) is 6.42 Å². The molecule has 0 spiro atoms. The Morgan fingerprint density at radius 3 is 2.44 bits per heavy atom. The van der Waals surface area contributed by atoms with Gasteiger partial charge in [-0.1, -0.05) is 41.9 Å². The Morgan fingerprint density at radius 1 is 1.04 bits per heavy atom. The third-order valence-electron chi connectivity index (χ3n) is 3.88. The summed E-state index contributed by atoms with van der Waals surface area (Å²) in [7, 11) is 3.34. The number of nitrogens with zero attached hydrogens (tertiary/aromatic N) is 1. The first-order chi connectivity index (χ1) is 13.0. The van der Waals surface area contributed by atoms with Gasteiger partial charge in [0, 0.05) is 6.54 Å². The van der Waals surface area contributed by atoms with Gasteiger partial charge in [-0.25, -0.2) is 0 Å². The first-order valence-corrected chi connectivity index (χ1v) is 8.99. The Balaban J connectivity index is 1.72. The zero-order valence-corrected chi connectivity index (χ0v) is 16.3.